The number of tetrazole rings is 1. The third-order valence-corrected chi connectivity index (χ3v) is 5.16. The smallest absolute Gasteiger partial charge is 0.368 e. The lowest BCUT2D eigenvalue weighted by Gasteiger charge is -2.15. The first kappa shape index (κ1) is 20.3. The molecule has 4 aromatic rings. The van der Waals surface area contributed by atoms with E-state index in [1.807, 2.05) is 56.3 Å². The molecule has 0 bridgehead atoms. The molecule has 2 aromatic carbocycles. The molecule has 0 aliphatic carbocycles. The second-order valence-corrected chi connectivity index (χ2v) is 7.23. The second kappa shape index (κ2) is 8.43. The largest absolute Gasteiger partial charge is 0.489 e. The predicted octanol–water partition coefficient (Wildman–Crippen LogP) is 3.23. The third-order valence-electron chi connectivity index (χ3n) is 5.16. The average molecular weight is 417 g/mol. The highest BCUT2D eigenvalue weighted by molar-refractivity contribution is 5.65. The Morgan fingerprint density at radius 2 is 1.77 bits per heavy atom. The first-order valence-corrected chi connectivity index (χ1v) is 9.79. The minimum atomic E-state index is -0.305. The monoisotopic (exact) mass is 417 g/mol. The van der Waals surface area contributed by atoms with E-state index in [9.17, 15) is 4.79 Å². The number of rotatable bonds is 6. The number of aryl methyl sites for hydroxylation is 3. The molecule has 0 aliphatic rings. The van der Waals surface area contributed by atoms with Gasteiger partial charge in [-0.3, -0.25) is 0 Å². The highest BCUT2D eigenvalue weighted by Crippen LogP contribution is 2.28. The number of ether oxygens (including phenoxy) is 2. The van der Waals surface area contributed by atoms with Crippen LogP contribution in [0, 0.1) is 13.8 Å². The summed E-state index contributed by atoms with van der Waals surface area (Å²) in [4.78, 5) is 16.6. The van der Waals surface area contributed by atoms with Crippen LogP contribution in [-0.4, -0.2) is 31.9 Å². The molecule has 2 heterocycles. The normalized spacial score (nSPS) is 10.8. The van der Waals surface area contributed by atoms with Crippen LogP contribution < -0.4 is 15.2 Å². The van der Waals surface area contributed by atoms with Crippen molar-refractivity contribution in [2.45, 2.75) is 20.5 Å². The Kier molecular flexibility index (Phi) is 5.53. The lowest BCUT2D eigenvalue weighted by molar-refractivity contribution is 0.302. The van der Waals surface area contributed by atoms with Crippen molar-refractivity contribution in [2.24, 2.45) is 7.05 Å². The molecule has 0 spiro atoms. The molecular weight excluding hydrogens is 394 g/mol. The average Bonchev–Trinajstić information content (AvgIpc) is 3.11. The van der Waals surface area contributed by atoms with Crippen LogP contribution in [0.4, 0.5) is 0 Å². The molecule has 0 atom stereocenters. The molecule has 0 saturated heterocycles. The fourth-order valence-corrected chi connectivity index (χ4v) is 3.35. The highest BCUT2D eigenvalue weighted by Gasteiger charge is 2.14. The van der Waals surface area contributed by atoms with E-state index in [1.54, 1.807) is 20.4 Å². The molecule has 0 N–H and O–H groups in total. The summed E-state index contributed by atoms with van der Waals surface area (Å²) in [7, 11) is 3.17. The van der Waals surface area contributed by atoms with Crippen molar-refractivity contribution < 1.29 is 9.47 Å². The van der Waals surface area contributed by atoms with E-state index in [0.717, 1.165) is 33.6 Å². The van der Waals surface area contributed by atoms with E-state index in [2.05, 4.69) is 21.5 Å². The molecule has 8 nitrogen and oxygen atoms in total. The fraction of sp³-hybridized carbons (Fsp3) is 0.217. The van der Waals surface area contributed by atoms with E-state index < -0.39 is 0 Å². The van der Waals surface area contributed by atoms with E-state index in [-0.39, 0.29) is 5.69 Å². The zero-order valence-corrected chi connectivity index (χ0v) is 17.9. The van der Waals surface area contributed by atoms with E-state index in [4.69, 9.17) is 9.47 Å². The first-order valence-electron chi connectivity index (χ1n) is 9.79. The number of methoxy groups -OCH3 is 1. The van der Waals surface area contributed by atoms with Gasteiger partial charge in [-0.05, 0) is 65.2 Å². The summed E-state index contributed by atoms with van der Waals surface area (Å²) in [5.41, 5.74) is 5.29. The van der Waals surface area contributed by atoms with Crippen molar-refractivity contribution in [1.29, 1.82) is 0 Å². The molecular formula is C23H23N5O3. The van der Waals surface area contributed by atoms with Crippen LogP contribution in [0.2, 0.25) is 0 Å². The lowest BCUT2D eigenvalue weighted by atomic mass is 10.0. The quantitative estimate of drug-likeness (QED) is 0.479. The van der Waals surface area contributed by atoms with Crippen LogP contribution in [0.15, 0.2) is 59.5 Å². The molecule has 0 unspecified atom stereocenters. The summed E-state index contributed by atoms with van der Waals surface area (Å²) in [6.07, 6.45) is 1.78. The van der Waals surface area contributed by atoms with E-state index in [1.165, 1.54) is 9.36 Å². The summed E-state index contributed by atoms with van der Waals surface area (Å²) in [6, 6.07) is 15.5. The number of aromatic nitrogens is 5. The van der Waals surface area contributed by atoms with Gasteiger partial charge in [0.2, 0.25) is 5.88 Å². The van der Waals surface area contributed by atoms with Gasteiger partial charge in [-0.15, -0.1) is 0 Å². The second-order valence-electron chi connectivity index (χ2n) is 7.23. The Morgan fingerprint density at radius 3 is 2.42 bits per heavy atom. The molecule has 0 aliphatic heterocycles. The van der Waals surface area contributed by atoms with Crippen molar-refractivity contribution >= 4 is 0 Å². The van der Waals surface area contributed by atoms with Crippen LogP contribution in [0.5, 0.6) is 11.6 Å². The number of hydrogen-bond acceptors (Lipinski definition) is 6. The predicted molar refractivity (Wildman–Crippen MR) is 117 cm³/mol. The van der Waals surface area contributed by atoms with Gasteiger partial charge in [0.05, 0.1) is 12.8 Å². The van der Waals surface area contributed by atoms with Crippen LogP contribution >= 0.6 is 0 Å². The number of pyridine rings is 1. The Morgan fingerprint density at radius 1 is 0.968 bits per heavy atom. The van der Waals surface area contributed by atoms with Gasteiger partial charge in [0.1, 0.15) is 12.4 Å². The molecule has 0 amide bonds. The minimum absolute atomic E-state index is 0.301. The van der Waals surface area contributed by atoms with Gasteiger partial charge < -0.3 is 9.47 Å². The molecule has 8 heteroatoms. The van der Waals surface area contributed by atoms with Crippen LogP contribution in [0.3, 0.4) is 0 Å². The summed E-state index contributed by atoms with van der Waals surface area (Å²) in [6.45, 7) is 4.28. The van der Waals surface area contributed by atoms with Crippen molar-refractivity contribution in [3.8, 4) is 28.4 Å². The summed E-state index contributed by atoms with van der Waals surface area (Å²) >= 11 is 0. The van der Waals surface area contributed by atoms with Crippen molar-refractivity contribution in [1.82, 2.24) is 24.8 Å². The third kappa shape index (κ3) is 4.05. The summed E-state index contributed by atoms with van der Waals surface area (Å²) in [5.74, 6) is 1.35. The van der Waals surface area contributed by atoms with Crippen molar-refractivity contribution in [3.63, 3.8) is 0 Å². The summed E-state index contributed by atoms with van der Waals surface area (Å²) < 4.78 is 13.7. The molecule has 31 heavy (non-hydrogen) atoms. The number of nitrogens with zero attached hydrogens (tertiary/aromatic N) is 5. The Labute approximate surface area is 179 Å². The molecule has 0 radical (unpaired) electrons. The van der Waals surface area contributed by atoms with Gasteiger partial charge in [0, 0.05) is 30.4 Å². The maximum atomic E-state index is 12.3. The lowest BCUT2D eigenvalue weighted by Crippen LogP contribution is -2.23. The maximum Gasteiger partial charge on any atom is 0.368 e. The van der Waals surface area contributed by atoms with Crippen LogP contribution in [0.1, 0.15) is 16.7 Å². The number of benzene rings is 2. The first-order chi connectivity index (χ1) is 15.0. The fourth-order valence-electron chi connectivity index (χ4n) is 3.35. The molecule has 0 saturated carbocycles. The zero-order valence-electron chi connectivity index (χ0n) is 17.9. The van der Waals surface area contributed by atoms with Gasteiger partial charge in [0.15, 0.2) is 0 Å². The molecule has 2 aromatic heterocycles. The Balaban J connectivity index is 1.59. The molecule has 158 valence electrons. The van der Waals surface area contributed by atoms with Crippen molar-refractivity contribution in [2.75, 3.05) is 7.11 Å². The zero-order chi connectivity index (χ0) is 22.0. The SMILES string of the molecule is COc1ccc(-c2ccc(OCc3c(C)cccc3-n3nnn(C)c3=O)c(C)c2)cn1. The van der Waals surface area contributed by atoms with Gasteiger partial charge in [-0.1, -0.05) is 18.2 Å². The molecule has 0 fully saturated rings. The standard InChI is InChI=1S/C23H23N5O3/c1-15-6-5-7-20(28-23(29)27(3)25-26-28)19(15)14-31-21-10-8-17(12-16(21)2)18-9-11-22(30-4)24-13-18/h5-13H,14H2,1-4H3. The maximum absolute atomic E-state index is 12.3. The van der Waals surface area contributed by atoms with Gasteiger partial charge >= 0.3 is 5.69 Å². The molecule has 4 rings (SSSR count). The van der Waals surface area contributed by atoms with Gasteiger partial charge in [-0.2, -0.15) is 9.36 Å². The van der Waals surface area contributed by atoms with Gasteiger partial charge in [-0.25, -0.2) is 9.78 Å². The van der Waals surface area contributed by atoms with Gasteiger partial charge in [0.25, 0.3) is 0 Å². The number of hydrogen-bond donors (Lipinski definition) is 0. The van der Waals surface area contributed by atoms with Crippen LogP contribution in [-0.2, 0) is 13.7 Å². The topological polar surface area (TPSA) is 84.1 Å². The van der Waals surface area contributed by atoms with Crippen LogP contribution in [0.25, 0.3) is 16.8 Å². The van der Waals surface area contributed by atoms with E-state index in [0.29, 0.717) is 18.2 Å². The van der Waals surface area contributed by atoms with Crippen molar-refractivity contribution in [3.05, 3.63) is 81.9 Å². The minimum Gasteiger partial charge on any atom is -0.489 e. The highest BCUT2D eigenvalue weighted by atomic mass is 16.5. The Bertz CT molecular complexity index is 1280. The summed E-state index contributed by atoms with van der Waals surface area (Å²) in [5, 5.41) is 7.77. The van der Waals surface area contributed by atoms with E-state index >= 15 is 0 Å². The Hall–Kier alpha value is -3.94.